The molecule has 1 aliphatic rings. The normalized spacial score (nSPS) is 22.9. The predicted molar refractivity (Wildman–Crippen MR) is 79.3 cm³/mol. The summed E-state index contributed by atoms with van der Waals surface area (Å²) >= 11 is 5.96. The Morgan fingerprint density at radius 3 is 2.85 bits per heavy atom. The van der Waals surface area contributed by atoms with E-state index in [0.717, 1.165) is 18.4 Å². The molecular weight excluding hydrogens is 301 g/mol. The maximum atomic E-state index is 13.4. The van der Waals surface area contributed by atoms with E-state index in [1.165, 1.54) is 6.07 Å². The highest BCUT2D eigenvalue weighted by Gasteiger charge is 2.29. The minimum absolute atomic E-state index is 0.104. The molecule has 3 nitrogen and oxygen atoms in total. The van der Waals surface area contributed by atoms with Gasteiger partial charge in [-0.25, -0.2) is 12.8 Å². The van der Waals surface area contributed by atoms with Crippen LogP contribution < -0.4 is 5.32 Å². The van der Waals surface area contributed by atoms with Crippen LogP contribution in [0.5, 0.6) is 0 Å². The Labute approximate surface area is 124 Å². The van der Waals surface area contributed by atoms with Gasteiger partial charge in [-0.15, -0.1) is 0 Å². The van der Waals surface area contributed by atoms with Crippen molar-refractivity contribution in [2.75, 3.05) is 18.6 Å². The van der Waals surface area contributed by atoms with Crippen LogP contribution in [0.2, 0.25) is 5.02 Å². The molecule has 0 aliphatic carbocycles. The molecule has 2 unspecified atom stereocenters. The molecule has 1 aliphatic heterocycles. The van der Waals surface area contributed by atoms with Crippen LogP contribution in [0.4, 0.5) is 4.39 Å². The van der Waals surface area contributed by atoms with Crippen LogP contribution in [-0.4, -0.2) is 33.0 Å². The van der Waals surface area contributed by atoms with E-state index in [-0.39, 0.29) is 28.5 Å². The van der Waals surface area contributed by atoms with Crippen LogP contribution in [0.15, 0.2) is 18.2 Å². The van der Waals surface area contributed by atoms with Crippen molar-refractivity contribution in [3.63, 3.8) is 0 Å². The lowest BCUT2D eigenvalue weighted by molar-refractivity contribution is 0.423. The number of nitrogens with one attached hydrogen (secondary N) is 1. The van der Waals surface area contributed by atoms with Crippen LogP contribution in [0, 0.1) is 11.7 Å². The predicted octanol–water partition coefficient (Wildman–Crippen LogP) is 2.43. The fourth-order valence-corrected chi connectivity index (χ4v) is 4.82. The van der Waals surface area contributed by atoms with Gasteiger partial charge in [-0.1, -0.05) is 23.7 Å². The molecule has 0 saturated carbocycles. The molecule has 1 aromatic rings. The van der Waals surface area contributed by atoms with Crippen LogP contribution in [0.3, 0.4) is 0 Å². The Morgan fingerprint density at radius 1 is 1.50 bits per heavy atom. The Hall–Kier alpha value is -0.650. The molecule has 1 fully saturated rings. The van der Waals surface area contributed by atoms with Crippen molar-refractivity contribution in [1.82, 2.24) is 5.32 Å². The van der Waals surface area contributed by atoms with Gasteiger partial charge in [0.25, 0.3) is 0 Å². The van der Waals surface area contributed by atoms with E-state index >= 15 is 0 Å². The molecular formula is C14H19ClFNO2S. The molecule has 0 radical (unpaired) electrons. The zero-order valence-electron chi connectivity index (χ0n) is 11.4. The largest absolute Gasteiger partial charge is 0.317 e. The molecule has 6 heteroatoms. The highest BCUT2D eigenvalue weighted by atomic mass is 35.5. The average molecular weight is 320 g/mol. The van der Waals surface area contributed by atoms with Crippen molar-refractivity contribution in [2.24, 2.45) is 5.92 Å². The van der Waals surface area contributed by atoms with E-state index in [1.807, 2.05) is 7.05 Å². The lowest BCUT2D eigenvalue weighted by Crippen LogP contribution is -2.30. The number of hydrogen-bond donors (Lipinski definition) is 1. The van der Waals surface area contributed by atoms with Crippen molar-refractivity contribution in [3.8, 4) is 0 Å². The monoisotopic (exact) mass is 319 g/mol. The quantitative estimate of drug-likeness (QED) is 0.906. The standard InChI is InChI=1S/C14H19ClFNO2S/c1-17-12(7-10-5-6-20(18,19)9-10)8-11-3-2-4-13(16)14(11)15/h2-4,10,12,17H,5-9H2,1H3. The summed E-state index contributed by atoms with van der Waals surface area (Å²) < 4.78 is 36.4. The number of sulfone groups is 1. The number of halogens is 2. The molecule has 1 saturated heterocycles. The third-order valence-electron chi connectivity index (χ3n) is 3.85. The molecule has 112 valence electrons. The van der Waals surface area contributed by atoms with Gasteiger partial charge in [0, 0.05) is 6.04 Å². The van der Waals surface area contributed by atoms with Gasteiger partial charge >= 0.3 is 0 Å². The molecule has 0 aromatic heterocycles. The molecule has 2 rings (SSSR count). The minimum Gasteiger partial charge on any atom is -0.317 e. The van der Waals surface area contributed by atoms with Gasteiger partial charge in [-0.3, -0.25) is 0 Å². The molecule has 20 heavy (non-hydrogen) atoms. The van der Waals surface area contributed by atoms with Crippen molar-refractivity contribution in [2.45, 2.75) is 25.3 Å². The van der Waals surface area contributed by atoms with Crippen molar-refractivity contribution in [3.05, 3.63) is 34.6 Å². The fraction of sp³-hybridized carbons (Fsp3) is 0.571. The molecule has 2 atom stereocenters. The summed E-state index contributed by atoms with van der Waals surface area (Å²) in [6.45, 7) is 0. The summed E-state index contributed by atoms with van der Waals surface area (Å²) in [6.07, 6.45) is 2.09. The van der Waals surface area contributed by atoms with Crippen LogP contribution >= 0.6 is 11.6 Å². The average Bonchev–Trinajstić information content (AvgIpc) is 2.73. The number of rotatable bonds is 5. The first kappa shape index (κ1) is 15.7. The summed E-state index contributed by atoms with van der Waals surface area (Å²) in [5.74, 6) is 0.323. The van der Waals surface area contributed by atoms with E-state index in [0.29, 0.717) is 6.42 Å². The maximum Gasteiger partial charge on any atom is 0.150 e. The van der Waals surface area contributed by atoms with E-state index in [4.69, 9.17) is 11.6 Å². The first-order valence-electron chi connectivity index (χ1n) is 6.72. The molecule has 1 heterocycles. The molecule has 0 amide bonds. The van der Waals surface area contributed by atoms with Crippen LogP contribution in [0.25, 0.3) is 0 Å². The SMILES string of the molecule is CNC(Cc1cccc(F)c1Cl)CC1CCS(=O)(=O)C1. The van der Waals surface area contributed by atoms with Crippen LogP contribution in [-0.2, 0) is 16.3 Å². The van der Waals surface area contributed by atoms with Crippen molar-refractivity contribution < 1.29 is 12.8 Å². The van der Waals surface area contributed by atoms with Crippen LogP contribution in [0.1, 0.15) is 18.4 Å². The van der Waals surface area contributed by atoms with Crippen molar-refractivity contribution in [1.29, 1.82) is 0 Å². The summed E-state index contributed by atoms with van der Waals surface area (Å²) in [4.78, 5) is 0. The van der Waals surface area contributed by atoms with Gasteiger partial charge in [-0.05, 0) is 43.9 Å². The first-order chi connectivity index (χ1) is 9.41. The smallest absolute Gasteiger partial charge is 0.150 e. The summed E-state index contributed by atoms with van der Waals surface area (Å²) in [5, 5.41) is 3.33. The van der Waals surface area contributed by atoms with Gasteiger partial charge in [0.15, 0.2) is 9.84 Å². The minimum atomic E-state index is -2.85. The fourth-order valence-electron chi connectivity index (χ4n) is 2.74. The molecule has 1 aromatic carbocycles. The van der Waals surface area contributed by atoms with Gasteiger partial charge in [-0.2, -0.15) is 0 Å². The Balaban J connectivity index is 2.01. The molecule has 1 N–H and O–H groups in total. The topological polar surface area (TPSA) is 46.2 Å². The summed E-state index contributed by atoms with van der Waals surface area (Å²) in [6, 6.07) is 4.89. The van der Waals surface area contributed by atoms with Gasteiger partial charge in [0.2, 0.25) is 0 Å². The van der Waals surface area contributed by atoms with E-state index in [1.54, 1.807) is 12.1 Å². The van der Waals surface area contributed by atoms with Crippen molar-refractivity contribution >= 4 is 21.4 Å². The zero-order valence-corrected chi connectivity index (χ0v) is 13.0. The lowest BCUT2D eigenvalue weighted by Gasteiger charge is -2.20. The summed E-state index contributed by atoms with van der Waals surface area (Å²) in [5.41, 5.74) is 0.756. The number of hydrogen-bond acceptors (Lipinski definition) is 3. The Morgan fingerprint density at radius 2 is 2.25 bits per heavy atom. The Kier molecular flexibility index (Phi) is 5.04. The number of likely N-dealkylation sites (N-methyl/N-ethyl adjacent to an activating group) is 1. The van der Waals surface area contributed by atoms with E-state index in [9.17, 15) is 12.8 Å². The first-order valence-corrected chi connectivity index (χ1v) is 8.92. The van der Waals surface area contributed by atoms with Gasteiger partial charge < -0.3 is 5.32 Å². The molecule has 0 bridgehead atoms. The van der Waals surface area contributed by atoms with E-state index in [2.05, 4.69) is 5.32 Å². The zero-order chi connectivity index (χ0) is 14.8. The third-order valence-corrected chi connectivity index (χ3v) is 6.11. The summed E-state index contributed by atoms with van der Waals surface area (Å²) in [7, 11) is -1.02. The third kappa shape index (κ3) is 3.93. The highest BCUT2D eigenvalue weighted by molar-refractivity contribution is 7.91. The van der Waals surface area contributed by atoms with Gasteiger partial charge in [0.1, 0.15) is 5.82 Å². The maximum absolute atomic E-state index is 13.4. The molecule has 0 spiro atoms. The lowest BCUT2D eigenvalue weighted by atomic mass is 9.94. The Bertz CT molecular complexity index is 577. The van der Waals surface area contributed by atoms with E-state index < -0.39 is 15.7 Å². The van der Waals surface area contributed by atoms with Gasteiger partial charge in [0.05, 0.1) is 16.5 Å². The highest BCUT2D eigenvalue weighted by Crippen LogP contribution is 2.26. The number of benzene rings is 1. The second-order valence-electron chi connectivity index (χ2n) is 5.41. The second kappa shape index (κ2) is 6.41. The second-order valence-corrected chi connectivity index (χ2v) is 8.01.